The molecule has 1 N–H and O–H groups in total. The fourth-order valence-corrected chi connectivity index (χ4v) is 3.37. The van der Waals surface area contributed by atoms with E-state index >= 15 is 0 Å². The van der Waals surface area contributed by atoms with E-state index in [4.69, 9.17) is 4.74 Å². The fourth-order valence-electron chi connectivity index (χ4n) is 3.37. The summed E-state index contributed by atoms with van der Waals surface area (Å²) in [5.41, 5.74) is 0. The van der Waals surface area contributed by atoms with Crippen LogP contribution < -0.4 is 0 Å². The summed E-state index contributed by atoms with van der Waals surface area (Å²) in [4.78, 5) is 0. The molecule has 2 fully saturated rings. The first-order valence-electron chi connectivity index (χ1n) is 6.50. The van der Waals surface area contributed by atoms with Crippen molar-refractivity contribution in [1.82, 2.24) is 0 Å². The van der Waals surface area contributed by atoms with Crippen LogP contribution in [0.4, 0.5) is 0 Å². The van der Waals surface area contributed by atoms with Crippen LogP contribution >= 0.6 is 0 Å². The van der Waals surface area contributed by atoms with E-state index in [1.807, 2.05) is 7.11 Å². The molecular formula is C13H24O2. The van der Waals surface area contributed by atoms with E-state index in [1.54, 1.807) is 0 Å². The molecule has 0 bridgehead atoms. The van der Waals surface area contributed by atoms with Gasteiger partial charge in [0, 0.05) is 7.11 Å². The molecule has 0 radical (unpaired) electrons. The summed E-state index contributed by atoms with van der Waals surface area (Å²) in [7, 11) is 1.84. The lowest BCUT2D eigenvalue weighted by molar-refractivity contribution is 0.0305. The monoisotopic (exact) mass is 212 g/mol. The zero-order valence-corrected chi connectivity index (χ0v) is 9.82. The summed E-state index contributed by atoms with van der Waals surface area (Å²) < 4.78 is 5.40. The molecule has 0 amide bonds. The second-order valence-corrected chi connectivity index (χ2v) is 5.34. The molecule has 15 heavy (non-hydrogen) atoms. The van der Waals surface area contributed by atoms with Crippen molar-refractivity contribution in [2.24, 2.45) is 11.8 Å². The Bertz CT molecular complexity index is 177. The van der Waals surface area contributed by atoms with E-state index in [0.29, 0.717) is 6.10 Å². The zero-order chi connectivity index (χ0) is 10.7. The van der Waals surface area contributed by atoms with E-state index in [0.717, 1.165) is 24.7 Å². The zero-order valence-electron chi connectivity index (χ0n) is 9.82. The molecule has 0 saturated heterocycles. The SMILES string of the molecule is COC1CCC(C2CCC(O)CC2)CC1. The van der Waals surface area contributed by atoms with Gasteiger partial charge in [0.15, 0.2) is 0 Å². The Morgan fingerprint density at radius 1 is 0.800 bits per heavy atom. The van der Waals surface area contributed by atoms with Gasteiger partial charge in [0.25, 0.3) is 0 Å². The highest BCUT2D eigenvalue weighted by Crippen LogP contribution is 2.38. The number of hydrogen-bond donors (Lipinski definition) is 1. The number of rotatable bonds is 2. The van der Waals surface area contributed by atoms with Crippen LogP contribution in [0.5, 0.6) is 0 Å². The Kier molecular flexibility index (Phi) is 4.04. The van der Waals surface area contributed by atoms with Crippen molar-refractivity contribution in [3.8, 4) is 0 Å². The second kappa shape index (κ2) is 5.31. The molecule has 2 saturated carbocycles. The molecule has 0 spiro atoms. The van der Waals surface area contributed by atoms with Gasteiger partial charge in [-0.15, -0.1) is 0 Å². The van der Waals surface area contributed by atoms with Crippen LogP contribution in [0.2, 0.25) is 0 Å². The lowest BCUT2D eigenvalue weighted by Crippen LogP contribution is -2.29. The van der Waals surface area contributed by atoms with Crippen molar-refractivity contribution in [3.63, 3.8) is 0 Å². The van der Waals surface area contributed by atoms with Gasteiger partial charge < -0.3 is 9.84 Å². The minimum atomic E-state index is -0.00318. The van der Waals surface area contributed by atoms with Gasteiger partial charge in [-0.1, -0.05) is 0 Å². The van der Waals surface area contributed by atoms with Crippen molar-refractivity contribution in [2.45, 2.75) is 63.6 Å². The molecule has 0 aromatic heterocycles. The molecule has 0 atom stereocenters. The topological polar surface area (TPSA) is 29.5 Å². The van der Waals surface area contributed by atoms with Crippen molar-refractivity contribution in [2.75, 3.05) is 7.11 Å². The molecule has 2 heteroatoms. The lowest BCUT2D eigenvalue weighted by Gasteiger charge is -2.36. The van der Waals surface area contributed by atoms with Gasteiger partial charge in [0.1, 0.15) is 0 Å². The van der Waals surface area contributed by atoms with Crippen molar-refractivity contribution >= 4 is 0 Å². The maximum atomic E-state index is 9.49. The van der Waals surface area contributed by atoms with E-state index in [1.165, 1.54) is 38.5 Å². The lowest BCUT2D eigenvalue weighted by atomic mass is 9.72. The van der Waals surface area contributed by atoms with Crippen LogP contribution in [-0.2, 0) is 4.74 Å². The average Bonchev–Trinajstić information content (AvgIpc) is 2.30. The summed E-state index contributed by atoms with van der Waals surface area (Å²) in [5, 5.41) is 9.49. The third-order valence-electron chi connectivity index (χ3n) is 4.46. The Morgan fingerprint density at radius 2 is 1.27 bits per heavy atom. The highest BCUT2D eigenvalue weighted by Gasteiger charge is 2.30. The number of aliphatic hydroxyl groups excluding tert-OH is 1. The average molecular weight is 212 g/mol. The van der Waals surface area contributed by atoms with Crippen molar-refractivity contribution < 1.29 is 9.84 Å². The molecule has 2 nitrogen and oxygen atoms in total. The normalized spacial score (nSPS) is 42.8. The summed E-state index contributed by atoms with van der Waals surface area (Å²) in [6.07, 6.45) is 10.3. The first-order chi connectivity index (χ1) is 7.29. The molecule has 88 valence electrons. The van der Waals surface area contributed by atoms with E-state index in [2.05, 4.69) is 0 Å². The quantitative estimate of drug-likeness (QED) is 0.762. The van der Waals surface area contributed by atoms with Gasteiger partial charge >= 0.3 is 0 Å². The predicted octanol–water partition coefficient (Wildman–Crippen LogP) is 2.74. The molecule has 2 aliphatic rings. The number of aliphatic hydroxyl groups is 1. The maximum Gasteiger partial charge on any atom is 0.0571 e. The van der Waals surface area contributed by atoms with Crippen LogP contribution in [0, 0.1) is 11.8 Å². The van der Waals surface area contributed by atoms with E-state index < -0.39 is 0 Å². The molecule has 0 aromatic rings. The molecule has 2 aliphatic carbocycles. The highest BCUT2D eigenvalue weighted by atomic mass is 16.5. The second-order valence-electron chi connectivity index (χ2n) is 5.34. The standard InChI is InChI=1S/C13H24O2/c1-15-13-8-4-11(5-9-13)10-2-6-12(14)7-3-10/h10-14H,2-9H2,1H3. The summed E-state index contributed by atoms with van der Waals surface area (Å²) in [6, 6.07) is 0. The largest absolute Gasteiger partial charge is 0.393 e. The predicted molar refractivity (Wildman–Crippen MR) is 60.7 cm³/mol. The van der Waals surface area contributed by atoms with Crippen LogP contribution in [0.3, 0.4) is 0 Å². The minimum absolute atomic E-state index is 0.00318. The van der Waals surface area contributed by atoms with Gasteiger partial charge in [0.05, 0.1) is 12.2 Å². The first-order valence-corrected chi connectivity index (χ1v) is 6.50. The number of ether oxygens (including phenoxy) is 1. The third kappa shape index (κ3) is 2.94. The van der Waals surface area contributed by atoms with Gasteiger partial charge in [-0.3, -0.25) is 0 Å². The Labute approximate surface area is 93.0 Å². The third-order valence-corrected chi connectivity index (χ3v) is 4.46. The molecule has 0 aliphatic heterocycles. The van der Waals surface area contributed by atoms with Crippen LogP contribution in [0.15, 0.2) is 0 Å². The summed E-state index contributed by atoms with van der Waals surface area (Å²) in [6.45, 7) is 0. The molecule has 0 heterocycles. The smallest absolute Gasteiger partial charge is 0.0571 e. The molecule has 0 aromatic carbocycles. The van der Waals surface area contributed by atoms with Crippen LogP contribution in [-0.4, -0.2) is 24.4 Å². The summed E-state index contributed by atoms with van der Waals surface area (Å²) in [5.74, 6) is 1.81. The van der Waals surface area contributed by atoms with Crippen LogP contribution in [0.25, 0.3) is 0 Å². The van der Waals surface area contributed by atoms with Crippen LogP contribution in [0.1, 0.15) is 51.4 Å². The Morgan fingerprint density at radius 3 is 1.73 bits per heavy atom. The molecule has 0 unspecified atom stereocenters. The molecule has 2 rings (SSSR count). The molecular weight excluding hydrogens is 188 g/mol. The summed E-state index contributed by atoms with van der Waals surface area (Å²) >= 11 is 0. The van der Waals surface area contributed by atoms with E-state index in [-0.39, 0.29) is 6.10 Å². The minimum Gasteiger partial charge on any atom is -0.393 e. The van der Waals surface area contributed by atoms with Gasteiger partial charge in [-0.25, -0.2) is 0 Å². The van der Waals surface area contributed by atoms with Gasteiger partial charge in [0.2, 0.25) is 0 Å². The number of methoxy groups -OCH3 is 1. The fraction of sp³-hybridized carbons (Fsp3) is 1.00. The van der Waals surface area contributed by atoms with E-state index in [9.17, 15) is 5.11 Å². The highest BCUT2D eigenvalue weighted by molar-refractivity contribution is 4.81. The Hall–Kier alpha value is -0.0800. The Balaban J connectivity index is 1.75. The first kappa shape index (κ1) is 11.4. The van der Waals surface area contributed by atoms with Crippen molar-refractivity contribution in [1.29, 1.82) is 0 Å². The number of hydrogen-bond acceptors (Lipinski definition) is 2. The maximum absolute atomic E-state index is 9.49. The van der Waals surface area contributed by atoms with Gasteiger partial charge in [-0.2, -0.15) is 0 Å². The van der Waals surface area contributed by atoms with Crippen molar-refractivity contribution in [3.05, 3.63) is 0 Å². The van der Waals surface area contributed by atoms with Gasteiger partial charge in [-0.05, 0) is 63.2 Å².